The van der Waals surface area contributed by atoms with Gasteiger partial charge >= 0.3 is 0 Å². The first kappa shape index (κ1) is 14.7. The highest BCUT2D eigenvalue weighted by molar-refractivity contribution is 5.33. The Morgan fingerprint density at radius 2 is 1.88 bits per heavy atom. The summed E-state index contributed by atoms with van der Waals surface area (Å²) in [5, 5.41) is 0. The van der Waals surface area contributed by atoms with Gasteiger partial charge in [0, 0.05) is 5.41 Å². The van der Waals surface area contributed by atoms with Crippen LogP contribution in [0.5, 0.6) is 0 Å². The highest BCUT2D eigenvalue weighted by atomic mass is 14.2. The Balaban J connectivity index is 5.27. The summed E-state index contributed by atoms with van der Waals surface area (Å²) < 4.78 is 0. The number of hydrogen-bond donors (Lipinski definition) is 0. The van der Waals surface area contributed by atoms with Gasteiger partial charge in [0.15, 0.2) is 0 Å². The Morgan fingerprint density at radius 3 is 2.31 bits per heavy atom. The number of rotatable bonds is 6. The average Bonchev–Trinajstić information content (AvgIpc) is 2.26. The fraction of sp³-hybridized carbons (Fsp3) is 0.375. The van der Waals surface area contributed by atoms with E-state index in [2.05, 4.69) is 63.0 Å². The van der Waals surface area contributed by atoms with Gasteiger partial charge in [-0.25, -0.2) is 0 Å². The van der Waals surface area contributed by atoms with Gasteiger partial charge in [-0.2, -0.15) is 0 Å². The lowest BCUT2D eigenvalue weighted by molar-refractivity contribution is 0.807. The molecule has 0 aromatic carbocycles. The standard InChI is InChI=1S/C16H24/c1-6-10-13-16(9-4,12-8-3)14-15(5)11-7-2/h7-14H,4,6H2,1-3,5H3. The van der Waals surface area contributed by atoms with E-state index < -0.39 is 0 Å². The van der Waals surface area contributed by atoms with Crippen molar-refractivity contribution in [3.8, 4) is 0 Å². The highest BCUT2D eigenvalue weighted by Gasteiger charge is 2.15. The van der Waals surface area contributed by atoms with Crippen LogP contribution in [0, 0.1) is 5.41 Å². The van der Waals surface area contributed by atoms with Crippen molar-refractivity contribution in [1.29, 1.82) is 0 Å². The monoisotopic (exact) mass is 216 g/mol. The zero-order valence-corrected chi connectivity index (χ0v) is 11.0. The van der Waals surface area contributed by atoms with Crippen LogP contribution in [0.25, 0.3) is 0 Å². The molecule has 0 aliphatic carbocycles. The Morgan fingerprint density at radius 1 is 1.19 bits per heavy atom. The molecule has 0 saturated carbocycles. The SMILES string of the molecule is C=CC(C=CC)(C=CCC)C=C(C)C=CC. The third kappa shape index (κ3) is 4.97. The summed E-state index contributed by atoms with van der Waals surface area (Å²) in [6, 6.07) is 0. The second-order valence-electron chi connectivity index (χ2n) is 3.90. The van der Waals surface area contributed by atoms with E-state index in [1.54, 1.807) is 0 Å². The first-order chi connectivity index (χ1) is 7.64. The second kappa shape index (κ2) is 7.92. The van der Waals surface area contributed by atoms with Crippen LogP contribution in [0.15, 0.2) is 60.8 Å². The Labute approximate surface area is 101 Å². The first-order valence-corrected chi connectivity index (χ1v) is 5.91. The molecule has 0 heterocycles. The molecule has 0 saturated heterocycles. The summed E-state index contributed by atoms with van der Waals surface area (Å²) in [4.78, 5) is 0. The molecule has 0 heteroatoms. The van der Waals surface area contributed by atoms with Crippen molar-refractivity contribution in [2.75, 3.05) is 0 Å². The van der Waals surface area contributed by atoms with Gasteiger partial charge in [0.1, 0.15) is 0 Å². The molecule has 0 nitrogen and oxygen atoms in total. The third-order valence-electron chi connectivity index (χ3n) is 2.36. The van der Waals surface area contributed by atoms with Crippen molar-refractivity contribution in [2.45, 2.75) is 34.1 Å². The summed E-state index contributed by atoms with van der Waals surface area (Å²) >= 11 is 0. The zero-order chi connectivity index (χ0) is 12.4. The molecular weight excluding hydrogens is 192 g/mol. The van der Waals surface area contributed by atoms with Gasteiger partial charge in [0.25, 0.3) is 0 Å². The van der Waals surface area contributed by atoms with E-state index in [-0.39, 0.29) is 5.41 Å². The largest absolute Gasteiger partial charge is 0.102 e. The quantitative estimate of drug-likeness (QED) is 0.421. The summed E-state index contributed by atoms with van der Waals surface area (Å²) in [5.41, 5.74) is 1.11. The number of hydrogen-bond acceptors (Lipinski definition) is 0. The molecule has 0 aliphatic rings. The number of allylic oxidation sites excluding steroid dienone is 9. The predicted octanol–water partition coefficient (Wildman–Crippen LogP) is 5.22. The van der Waals surface area contributed by atoms with Crippen LogP contribution < -0.4 is 0 Å². The fourth-order valence-corrected chi connectivity index (χ4v) is 1.66. The maximum atomic E-state index is 3.95. The van der Waals surface area contributed by atoms with Crippen molar-refractivity contribution in [2.24, 2.45) is 5.41 Å². The second-order valence-corrected chi connectivity index (χ2v) is 3.90. The zero-order valence-electron chi connectivity index (χ0n) is 11.0. The van der Waals surface area contributed by atoms with Crippen LogP contribution in [-0.2, 0) is 0 Å². The molecule has 0 rings (SSSR count). The lowest BCUT2D eigenvalue weighted by atomic mass is 9.85. The topological polar surface area (TPSA) is 0 Å². The predicted molar refractivity (Wildman–Crippen MR) is 75.4 cm³/mol. The Kier molecular flexibility index (Phi) is 7.28. The molecule has 1 unspecified atom stereocenters. The van der Waals surface area contributed by atoms with Crippen LogP contribution in [-0.4, -0.2) is 0 Å². The van der Waals surface area contributed by atoms with Crippen LogP contribution in [0.1, 0.15) is 34.1 Å². The van der Waals surface area contributed by atoms with Crippen LogP contribution >= 0.6 is 0 Å². The lowest BCUT2D eigenvalue weighted by Gasteiger charge is -2.19. The molecule has 0 fully saturated rings. The smallest absolute Gasteiger partial charge is 0.0426 e. The molecule has 0 N–H and O–H groups in total. The van der Waals surface area contributed by atoms with E-state index in [4.69, 9.17) is 0 Å². The molecule has 16 heavy (non-hydrogen) atoms. The minimum atomic E-state index is -0.144. The molecule has 0 radical (unpaired) electrons. The van der Waals surface area contributed by atoms with Crippen molar-refractivity contribution >= 4 is 0 Å². The van der Waals surface area contributed by atoms with Gasteiger partial charge in [0.05, 0.1) is 0 Å². The summed E-state index contributed by atoms with van der Waals surface area (Å²) in [5.74, 6) is 0. The minimum Gasteiger partial charge on any atom is -0.102 e. The molecule has 0 aromatic heterocycles. The van der Waals surface area contributed by atoms with Crippen molar-refractivity contribution in [1.82, 2.24) is 0 Å². The molecular formula is C16H24. The first-order valence-electron chi connectivity index (χ1n) is 5.91. The molecule has 1 atom stereocenters. The lowest BCUT2D eigenvalue weighted by Crippen LogP contribution is -2.07. The molecule has 0 bridgehead atoms. The van der Waals surface area contributed by atoms with E-state index in [0.29, 0.717) is 0 Å². The van der Waals surface area contributed by atoms with E-state index in [9.17, 15) is 0 Å². The molecule has 88 valence electrons. The average molecular weight is 216 g/mol. The van der Waals surface area contributed by atoms with Crippen molar-refractivity contribution < 1.29 is 0 Å². The van der Waals surface area contributed by atoms with Gasteiger partial charge in [-0.3, -0.25) is 0 Å². The van der Waals surface area contributed by atoms with E-state index >= 15 is 0 Å². The maximum absolute atomic E-state index is 3.95. The summed E-state index contributed by atoms with van der Waals surface area (Å²) in [7, 11) is 0. The molecule has 0 amide bonds. The fourth-order valence-electron chi connectivity index (χ4n) is 1.66. The summed E-state index contributed by atoms with van der Waals surface area (Å²) in [6.45, 7) is 12.3. The molecule has 0 spiro atoms. The van der Waals surface area contributed by atoms with Gasteiger partial charge in [-0.05, 0) is 27.2 Å². The van der Waals surface area contributed by atoms with Gasteiger partial charge in [-0.1, -0.05) is 61.1 Å². The summed E-state index contributed by atoms with van der Waals surface area (Å²) in [6.07, 6.45) is 18.0. The van der Waals surface area contributed by atoms with Crippen LogP contribution in [0.2, 0.25) is 0 Å². The normalized spacial score (nSPS) is 17.4. The van der Waals surface area contributed by atoms with Gasteiger partial charge in [-0.15, -0.1) is 6.58 Å². The van der Waals surface area contributed by atoms with Crippen LogP contribution in [0.3, 0.4) is 0 Å². The highest BCUT2D eigenvalue weighted by Crippen LogP contribution is 2.27. The third-order valence-corrected chi connectivity index (χ3v) is 2.36. The van der Waals surface area contributed by atoms with Crippen LogP contribution in [0.4, 0.5) is 0 Å². The van der Waals surface area contributed by atoms with Crippen molar-refractivity contribution in [3.63, 3.8) is 0 Å². The van der Waals surface area contributed by atoms with E-state index in [1.807, 2.05) is 19.9 Å². The van der Waals surface area contributed by atoms with Gasteiger partial charge < -0.3 is 0 Å². The van der Waals surface area contributed by atoms with E-state index in [1.165, 1.54) is 5.57 Å². The molecule has 0 aliphatic heterocycles. The Bertz CT molecular complexity index is 313. The van der Waals surface area contributed by atoms with Crippen molar-refractivity contribution in [3.05, 3.63) is 60.8 Å². The molecule has 0 aromatic rings. The van der Waals surface area contributed by atoms with E-state index in [0.717, 1.165) is 6.42 Å². The Hall–Kier alpha value is -1.30. The maximum Gasteiger partial charge on any atom is 0.0426 e. The van der Waals surface area contributed by atoms with Gasteiger partial charge in [0.2, 0.25) is 0 Å². The minimum absolute atomic E-state index is 0.144.